The first kappa shape index (κ1) is 11.7. The van der Waals surface area contributed by atoms with Gasteiger partial charge in [0, 0.05) is 25.7 Å². The van der Waals surface area contributed by atoms with E-state index in [9.17, 15) is 4.39 Å². The van der Waals surface area contributed by atoms with Gasteiger partial charge in [0.1, 0.15) is 11.6 Å². The standard InChI is InChI=1S/C12H16FN3O/c1-16-6-5-14-12(16)15-8-9-7-10(13)3-4-11(9)17-2/h3-4,7H,5-6,8H2,1-2H3,(H,14,15). The Morgan fingerprint density at radius 1 is 1.53 bits per heavy atom. The van der Waals surface area contributed by atoms with Gasteiger partial charge in [-0.05, 0) is 18.2 Å². The van der Waals surface area contributed by atoms with Crippen molar-refractivity contribution in [3.05, 3.63) is 29.6 Å². The molecule has 0 saturated carbocycles. The number of likely N-dealkylation sites (N-methyl/N-ethyl adjacent to an activating group) is 1. The van der Waals surface area contributed by atoms with Gasteiger partial charge in [-0.1, -0.05) is 0 Å². The van der Waals surface area contributed by atoms with Crippen molar-refractivity contribution in [2.45, 2.75) is 6.54 Å². The van der Waals surface area contributed by atoms with E-state index in [-0.39, 0.29) is 5.82 Å². The van der Waals surface area contributed by atoms with Crippen molar-refractivity contribution >= 4 is 5.96 Å². The van der Waals surface area contributed by atoms with Crippen molar-refractivity contribution < 1.29 is 9.13 Å². The highest BCUT2D eigenvalue weighted by molar-refractivity contribution is 5.81. The molecule has 1 N–H and O–H groups in total. The Labute approximate surface area is 100 Å². The number of aliphatic imine (C=N–C) groups is 1. The highest BCUT2D eigenvalue weighted by atomic mass is 19.1. The first-order valence-electron chi connectivity index (χ1n) is 5.52. The second-order valence-electron chi connectivity index (χ2n) is 3.94. The quantitative estimate of drug-likeness (QED) is 0.859. The van der Waals surface area contributed by atoms with E-state index in [0.717, 1.165) is 24.6 Å². The molecule has 0 saturated heterocycles. The number of methoxy groups -OCH3 is 1. The summed E-state index contributed by atoms with van der Waals surface area (Å²) in [5, 5.41) is 3.18. The monoisotopic (exact) mass is 237 g/mol. The SMILES string of the molecule is COc1ccc(F)cc1CNC1=NCCN1C. The molecule has 0 spiro atoms. The van der Waals surface area contributed by atoms with Crippen molar-refractivity contribution in [2.75, 3.05) is 27.2 Å². The number of nitrogens with zero attached hydrogens (tertiary/aromatic N) is 2. The number of hydrogen-bond donors (Lipinski definition) is 1. The first-order valence-corrected chi connectivity index (χ1v) is 5.52. The van der Waals surface area contributed by atoms with Gasteiger partial charge < -0.3 is 15.0 Å². The Morgan fingerprint density at radius 3 is 3.00 bits per heavy atom. The minimum atomic E-state index is -0.260. The molecule has 0 unspecified atom stereocenters. The van der Waals surface area contributed by atoms with Gasteiger partial charge in [0.05, 0.1) is 13.7 Å². The van der Waals surface area contributed by atoms with E-state index in [4.69, 9.17) is 4.74 Å². The second-order valence-corrected chi connectivity index (χ2v) is 3.94. The molecule has 0 atom stereocenters. The van der Waals surface area contributed by atoms with Crippen LogP contribution in [0.15, 0.2) is 23.2 Å². The van der Waals surface area contributed by atoms with E-state index < -0.39 is 0 Å². The predicted molar refractivity (Wildman–Crippen MR) is 64.7 cm³/mol. The fourth-order valence-corrected chi connectivity index (χ4v) is 1.78. The third-order valence-corrected chi connectivity index (χ3v) is 2.74. The molecule has 1 aliphatic rings. The number of hydrogen-bond acceptors (Lipinski definition) is 4. The lowest BCUT2D eigenvalue weighted by Gasteiger charge is -2.16. The molecule has 1 aromatic carbocycles. The Hall–Kier alpha value is -1.78. The lowest BCUT2D eigenvalue weighted by atomic mass is 10.2. The zero-order valence-corrected chi connectivity index (χ0v) is 10.0. The van der Waals surface area contributed by atoms with E-state index in [1.165, 1.54) is 12.1 Å². The predicted octanol–water partition coefficient (Wildman–Crippen LogP) is 1.23. The number of guanidine groups is 1. The van der Waals surface area contributed by atoms with Crippen LogP contribution in [-0.2, 0) is 6.54 Å². The Balaban J connectivity index is 2.05. The third-order valence-electron chi connectivity index (χ3n) is 2.74. The van der Waals surface area contributed by atoms with Gasteiger partial charge in [0.2, 0.25) is 0 Å². The maximum absolute atomic E-state index is 13.1. The lowest BCUT2D eigenvalue weighted by Crippen LogP contribution is -2.35. The fraction of sp³-hybridized carbons (Fsp3) is 0.417. The van der Waals surface area contributed by atoms with E-state index >= 15 is 0 Å². The molecule has 5 heteroatoms. The molecule has 0 fully saturated rings. The number of halogens is 1. The van der Waals surface area contributed by atoms with Crippen molar-refractivity contribution in [1.82, 2.24) is 10.2 Å². The minimum Gasteiger partial charge on any atom is -0.496 e. The van der Waals surface area contributed by atoms with Crippen LogP contribution in [0.4, 0.5) is 4.39 Å². The molecule has 17 heavy (non-hydrogen) atoms. The van der Waals surface area contributed by atoms with E-state index in [1.54, 1.807) is 13.2 Å². The van der Waals surface area contributed by atoms with Crippen LogP contribution in [0.25, 0.3) is 0 Å². The van der Waals surface area contributed by atoms with Crippen LogP contribution in [0.5, 0.6) is 5.75 Å². The minimum absolute atomic E-state index is 0.260. The second kappa shape index (κ2) is 5.03. The zero-order chi connectivity index (χ0) is 12.3. The van der Waals surface area contributed by atoms with Gasteiger partial charge in [-0.3, -0.25) is 4.99 Å². The number of nitrogens with one attached hydrogen (secondary N) is 1. The summed E-state index contributed by atoms with van der Waals surface area (Å²) in [6, 6.07) is 4.50. The topological polar surface area (TPSA) is 36.9 Å². The summed E-state index contributed by atoms with van der Waals surface area (Å²) in [5.41, 5.74) is 0.788. The number of benzene rings is 1. The molecule has 0 bridgehead atoms. The van der Waals surface area contributed by atoms with Gasteiger partial charge in [0.25, 0.3) is 0 Å². The lowest BCUT2D eigenvalue weighted by molar-refractivity contribution is 0.407. The molecule has 4 nitrogen and oxygen atoms in total. The summed E-state index contributed by atoms with van der Waals surface area (Å²) in [7, 11) is 3.55. The van der Waals surface area contributed by atoms with Gasteiger partial charge >= 0.3 is 0 Å². The molecule has 1 aromatic rings. The smallest absolute Gasteiger partial charge is 0.194 e. The van der Waals surface area contributed by atoms with Crippen molar-refractivity contribution in [2.24, 2.45) is 4.99 Å². The molecule has 1 aliphatic heterocycles. The van der Waals surface area contributed by atoms with E-state index in [1.807, 2.05) is 11.9 Å². The first-order chi connectivity index (χ1) is 8.20. The van der Waals surface area contributed by atoms with Crippen LogP contribution in [0.3, 0.4) is 0 Å². The maximum atomic E-state index is 13.1. The van der Waals surface area contributed by atoms with E-state index in [2.05, 4.69) is 10.3 Å². The molecule has 1 heterocycles. The zero-order valence-electron chi connectivity index (χ0n) is 10.0. The average Bonchev–Trinajstić information content (AvgIpc) is 2.72. The fourth-order valence-electron chi connectivity index (χ4n) is 1.78. The highest BCUT2D eigenvalue weighted by Crippen LogP contribution is 2.19. The Morgan fingerprint density at radius 2 is 2.35 bits per heavy atom. The van der Waals surface area contributed by atoms with Crippen LogP contribution >= 0.6 is 0 Å². The Kier molecular flexibility index (Phi) is 3.46. The number of ether oxygens (including phenoxy) is 1. The molecule has 0 aromatic heterocycles. The molecule has 0 radical (unpaired) electrons. The average molecular weight is 237 g/mol. The van der Waals surface area contributed by atoms with E-state index in [0.29, 0.717) is 12.3 Å². The van der Waals surface area contributed by atoms with Crippen LogP contribution < -0.4 is 10.1 Å². The summed E-state index contributed by atoms with van der Waals surface area (Å²) >= 11 is 0. The summed E-state index contributed by atoms with van der Waals surface area (Å²) in [4.78, 5) is 6.34. The van der Waals surface area contributed by atoms with Gasteiger partial charge in [-0.2, -0.15) is 0 Å². The van der Waals surface area contributed by atoms with Gasteiger partial charge in [-0.25, -0.2) is 4.39 Å². The number of rotatable bonds is 3. The van der Waals surface area contributed by atoms with Crippen molar-refractivity contribution in [3.8, 4) is 5.75 Å². The summed E-state index contributed by atoms with van der Waals surface area (Å²) in [6.45, 7) is 2.23. The molecular formula is C12H16FN3O. The van der Waals surface area contributed by atoms with Crippen molar-refractivity contribution in [3.63, 3.8) is 0 Å². The van der Waals surface area contributed by atoms with Crippen LogP contribution in [0.2, 0.25) is 0 Å². The molecule has 0 aliphatic carbocycles. The molecule has 92 valence electrons. The van der Waals surface area contributed by atoms with Gasteiger partial charge in [-0.15, -0.1) is 0 Å². The largest absolute Gasteiger partial charge is 0.496 e. The highest BCUT2D eigenvalue weighted by Gasteiger charge is 2.12. The van der Waals surface area contributed by atoms with Crippen LogP contribution in [0, 0.1) is 5.82 Å². The normalized spacial score (nSPS) is 14.8. The summed E-state index contributed by atoms with van der Waals surface area (Å²) in [5.74, 6) is 1.26. The molecule has 2 rings (SSSR count). The molecular weight excluding hydrogens is 221 g/mol. The summed E-state index contributed by atoms with van der Waals surface area (Å²) < 4.78 is 18.3. The van der Waals surface area contributed by atoms with Crippen LogP contribution in [0.1, 0.15) is 5.56 Å². The molecule has 0 amide bonds. The summed E-state index contributed by atoms with van der Waals surface area (Å²) in [6.07, 6.45) is 0. The van der Waals surface area contributed by atoms with Crippen molar-refractivity contribution in [1.29, 1.82) is 0 Å². The Bertz CT molecular complexity index is 434. The van der Waals surface area contributed by atoms with Crippen LogP contribution in [-0.4, -0.2) is 38.1 Å². The van der Waals surface area contributed by atoms with Gasteiger partial charge in [0.15, 0.2) is 5.96 Å². The third kappa shape index (κ3) is 2.67. The maximum Gasteiger partial charge on any atom is 0.194 e.